The Kier molecular flexibility index (Phi) is 8.01. The van der Waals surface area contributed by atoms with Crippen LogP contribution in [0.2, 0.25) is 0 Å². The SMILES string of the molecule is COC(=O)CCN1CCN(CC2CN(c3ccc(C(=N)NC(=O)OC)cc3)C(=O)O2)CC1. The molecule has 2 aliphatic rings. The summed E-state index contributed by atoms with van der Waals surface area (Å²) in [6.45, 7) is 5.19. The molecule has 0 saturated carbocycles. The molecule has 3 rings (SSSR count). The first kappa shape index (κ1) is 23.5. The van der Waals surface area contributed by atoms with Crippen molar-refractivity contribution in [3.63, 3.8) is 0 Å². The molecule has 1 unspecified atom stereocenters. The maximum atomic E-state index is 12.4. The van der Waals surface area contributed by atoms with E-state index in [9.17, 15) is 14.4 Å². The first-order valence-electron chi connectivity index (χ1n) is 10.4. The van der Waals surface area contributed by atoms with E-state index in [1.165, 1.54) is 14.2 Å². The van der Waals surface area contributed by atoms with E-state index in [1.54, 1.807) is 29.2 Å². The number of benzene rings is 1. The van der Waals surface area contributed by atoms with E-state index in [0.717, 1.165) is 26.2 Å². The number of nitrogens with one attached hydrogen (secondary N) is 2. The first-order valence-corrected chi connectivity index (χ1v) is 10.4. The number of methoxy groups -OCH3 is 2. The third-order valence-electron chi connectivity index (χ3n) is 5.54. The van der Waals surface area contributed by atoms with Crippen molar-refractivity contribution in [2.45, 2.75) is 12.5 Å². The summed E-state index contributed by atoms with van der Waals surface area (Å²) in [7, 11) is 2.63. The molecule has 1 atom stereocenters. The van der Waals surface area contributed by atoms with Crippen LogP contribution in [0.1, 0.15) is 12.0 Å². The standard InChI is InChI=1S/C21H29N5O6/c1-30-18(27)7-8-24-9-11-25(12-10-24)13-17-14-26(21(29)32-17)16-5-3-15(4-6-16)19(22)23-20(28)31-2/h3-6,17H,7-14H2,1-2H3,(H2,22,23,28). The number of ether oxygens (including phenoxy) is 3. The van der Waals surface area contributed by atoms with Crippen LogP contribution in [0.4, 0.5) is 15.3 Å². The molecular weight excluding hydrogens is 418 g/mol. The molecule has 0 radical (unpaired) electrons. The van der Waals surface area contributed by atoms with Crippen LogP contribution in [-0.2, 0) is 19.0 Å². The molecule has 2 fully saturated rings. The van der Waals surface area contributed by atoms with Gasteiger partial charge in [-0.25, -0.2) is 9.59 Å². The Hall–Kier alpha value is -3.18. The number of carbonyl (C=O) groups is 3. The van der Waals surface area contributed by atoms with Crippen LogP contribution in [0, 0.1) is 5.41 Å². The summed E-state index contributed by atoms with van der Waals surface area (Å²) in [5, 5.41) is 10.2. The topological polar surface area (TPSA) is 125 Å². The van der Waals surface area contributed by atoms with Crippen molar-refractivity contribution < 1.29 is 28.6 Å². The summed E-state index contributed by atoms with van der Waals surface area (Å²) >= 11 is 0. The highest BCUT2D eigenvalue weighted by atomic mass is 16.6. The predicted octanol–water partition coefficient (Wildman–Crippen LogP) is 0.874. The van der Waals surface area contributed by atoms with E-state index >= 15 is 0 Å². The van der Waals surface area contributed by atoms with E-state index < -0.39 is 12.2 Å². The van der Waals surface area contributed by atoms with Crippen LogP contribution in [-0.4, -0.2) is 99.9 Å². The maximum Gasteiger partial charge on any atom is 0.414 e. The van der Waals surface area contributed by atoms with E-state index in [-0.39, 0.29) is 17.9 Å². The second-order valence-corrected chi connectivity index (χ2v) is 7.62. The van der Waals surface area contributed by atoms with Crippen molar-refractivity contribution in [2.75, 3.05) is 64.9 Å². The van der Waals surface area contributed by atoms with Crippen LogP contribution >= 0.6 is 0 Å². The molecule has 0 aromatic heterocycles. The van der Waals surface area contributed by atoms with Gasteiger partial charge in [0.2, 0.25) is 0 Å². The molecule has 0 bridgehead atoms. The lowest BCUT2D eigenvalue weighted by Gasteiger charge is -2.35. The molecule has 0 spiro atoms. The van der Waals surface area contributed by atoms with E-state index in [1.807, 2.05) is 0 Å². The third kappa shape index (κ3) is 6.17. The van der Waals surface area contributed by atoms with Gasteiger partial charge in [-0.1, -0.05) is 0 Å². The molecule has 2 N–H and O–H groups in total. The number of hydrogen-bond acceptors (Lipinski definition) is 9. The number of carbonyl (C=O) groups excluding carboxylic acids is 3. The normalized spacial score (nSPS) is 19.4. The van der Waals surface area contributed by atoms with Crippen LogP contribution in [0.3, 0.4) is 0 Å². The molecule has 32 heavy (non-hydrogen) atoms. The lowest BCUT2D eigenvalue weighted by Crippen LogP contribution is -2.49. The van der Waals surface area contributed by atoms with Gasteiger partial charge in [0.1, 0.15) is 11.9 Å². The van der Waals surface area contributed by atoms with Gasteiger partial charge in [0.25, 0.3) is 0 Å². The number of amides is 2. The minimum absolute atomic E-state index is 0.0870. The van der Waals surface area contributed by atoms with E-state index in [2.05, 4.69) is 24.6 Å². The van der Waals surface area contributed by atoms with Crippen LogP contribution in [0.5, 0.6) is 0 Å². The Balaban J connectivity index is 1.47. The molecule has 2 heterocycles. The lowest BCUT2D eigenvalue weighted by atomic mass is 10.1. The average Bonchev–Trinajstić information content (AvgIpc) is 3.18. The van der Waals surface area contributed by atoms with Gasteiger partial charge < -0.3 is 19.1 Å². The van der Waals surface area contributed by atoms with Crippen molar-refractivity contribution in [2.24, 2.45) is 0 Å². The number of piperazine rings is 1. The number of esters is 1. The Morgan fingerprint density at radius 3 is 2.38 bits per heavy atom. The van der Waals surface area contributed by atoms with Crippen molar-refractivity contribution in [1.82, 2.24) is 15.1 Å². The Labute approximate surface area is 186 Å². The molecule has 0 aliphatic carbocycles. The van der Waals surface area contributed by atoms with Gasteiger partial charge in [-0.15, -0.1) is 0 Å². The second-order valence-electron chi connectivity index (χ2n) is 7.62. The van der Waals surface area contributed by atoms with Gasteiger partial charge in [-0.2, -0.15) is 0 Å². The third-order valence-corrected chi connectivity index (χ3v) is 5.54. The molecule has 2 saturated heterocycles. The van der Waals surface area contributed by atoms with Gasteiger partial charge >= 0.3 is 18.2 Å². The smallest absolute Gasteiger partial charge is 0.414 e. The highest BCUT2D eigenvalue weighted by molar-refractivity contribution is 6.04. The number of rotatable bonds is 7. The summed E-state index contributed by atoms with van der Waals surface area (Å²) in [4.78, 5) is 41.0. The molecule has 11 heteroatoms. The summed E-state index contributed by atoms with van der Waals surface area (Å²) < 4.78 is 14.7. The minimum Gasteiger partial charge on any atom is -0.469 e. The fourth-order valence-corrected chi connectivity index (χ4v) is 3.70. The Bertz CT molecular complexity index is 838. The predicted molar refractivity (Wildman–Crippen MR) is 116 cm³/mol. The molecule has 2 aliphatic heterocycles. The summed E-state index contributed by atoms with van der Waals surface area (Å²) in [5.74, 6) is -0.286. The van der Waals surface area contributed by atoms with Gasteiger partial charge in [0, 0.05) is 50.5 Å². The van der Waals surface area contributed by atoms with Crippen molar-refractivity contribution in [3.05, 3.63) is 29.8 Å². The average molecular weight is 447 g/mol. The van der Waals surface area contributed by atoms with E-state index in [4.69, 9.17) is 10.1 Å². The highest BCUT2D eigenvalue weighted by Gasteiger charge is 2.34. The number of nitrogens with zero attached hydrogens (tertiary/aromatic N) is 3. The highest BCUT2D eigenvalue weighted by Crippen LogP contribution is 2.23. The molecule has 2 amide bonds. The minimum atomic E-state index is -0.714. The van der Waals surface area contributed by atoms with Gasteiger partial charge in [-0.3, -0.25) is 25.3 Å². The van der Waals surface area contributed by atoms with Crippen LogP contribution in [0.25, 0.3) is 0 Å². The zero-order chi connectivity index (χ0) is 23.1. The number of hydrogen-bond donors (Lipinski definition) is 2. The van der Waals surface area contributed by atoms with Crippen molar-refractivity contribution >= 4 is 29.7 Å². The Morgan fingerprint density at radius 1 is 1.09 bits per heavy atom. The first-order chi connectivity index (χ1) is 15.4. The second kappa shape index (κ2) is 10.9. The Morgan fingerprint density at radius 2 is 1.75 bits per heavy atom. The molecule has 11 nitrogen and oxygen atoms in total. The zero-order valence-electron chi connectivity index (χ0n) is 18.3. The number of alkyl carbamates (subject to hydrolysis) is 1. The number of amidine groups is 1. The van der Waals surface area contributed by atoms with Gasteiger partial charge in [0.05, 0.1) is 27.2 Å². The zero-order valence-corrected chi connectivity index (χ0v) is 18.3. The van der Waals surface area contributed by atoms with Crippen LogP contribution in [0.15, 0.2) is 24.3 Å². The fraction of sp³-hybridized carbons (Fsp3) is 0.524. The summed E-state index contributed by atoms with van der Waals surface area (Å²) in [6.07, 6.45) is -0.956. The number of anilines is 1. The van der Waals surface area contributed by atoms with E-state index in [0.29, 0.717) is 37.3 Å². The van der Waals surface area contributed by atoms with Crippen molar-refractivity contribution in [1.29, 1.82) is 5.41 Å². The fourth-order valence-electron chi connectivity index (χ4n) is 3.70. The lowest BCUT2D eigenvalue weighted by molar-refractivity contribution is -0.141. The summed E-state index contributed by atoms with van der Waals surface area (Å²) in [6, 6.07) is 6.74. The quantitative estimate of drug-likeness (QED) is 0.273. The monoisotopic (exact) mass is 447 g/mol. The van der Waals surface area contributed by atoms with Gasteiger partial charge in [0.15, 0.2) is 0 Å². The maximum absolute atomic E-state index is 12.4. The molecular formula is C21H29N5O6. The molecule has 174 valence electrons. The number of cyclic esters (lactones) is 1. The summed E-state index contributed by atoms with van der Waals surface area (Å²) in [5.41, 5.74) is 1.16. The van der Waals surface area contributed by atoms with Crippen LogP contribution < -0.4 is 10.2 Å². The van der Waals surface area contributed by atoms with Crippen molar-refractivity contribution in [3.8, 4) is 0 Å². The molecule has 1 aromatic carbocycles. The molecule has 1 aromatic rings. The largest absolute Gasteiger partial charge is 0.469 e. The van der Waals surface area contributed by atoms with Gasteiger partial charge in [-0.05, 0) is 24.3 Å².